The van der Waals surface area contributed by atoms with Crippen molar-refractivity contribution in [3.63, 3.8) is 0 Å². The SMILES string of the molecule is CC=C(C=C(C)C)C(C)(C)O. The molecule has 0 saturated carbocycles. The Morgan fingerprint density at radius 2 is 1.73 bits per heavy atom. The summed E-state index contributed by atoms with van der Waals surface area (Å²) in [4.78, 5) is 0. The molecule has 0 atom stereocenters. The van der Waals surface area contributed by atoms with Crippen LogP contribution in [-0.4, -0.2) is 10.7 Å². The molecule has 0 aromatic heterocycles. The van der Waals surface area contributed by atoms with E-state index in [2.05, 4.69) is 0 Å². The van der Waals surface area contributed by atoms with E-state index in [1.54, 1.807) is 13.8 Å². The lowest BCUT2D eigenvalue weighted by molar-refractivity contribution is 0.123. The lowest BCUT2D eigenvalue weighted by atomic mass is 9.96. The van der Waals surface area contributed by atoms with E-state index in [0.717, 1.165) is 5.57 Å². The van der Waals surface area contributed by atoms with Crippen molar-refractivity contribution in [3.05, 3.63) is 23.3 Å². The molecule has 0 saturated heterocycles. The minimum absolute atomic E-state index is 0.716. The Kier molecular flexibility index (Phi) is 3.53. The molecule has 0 spiro atoms. The van der Waals surface area contributed by atoms with Crippen LogP contribution < -0.4 is 0 Å². The van der Waals surface area contributed by atoms with Crippen molar-refractivity contribution in [1.82, 2.24) is 0 Å². The number of allylic oxidation sites excluding steroid dienone is 2. The smallest absolute Gasteiger partial charge is 0.0837 e. The highest BCUT2D eigenvalue weighted by molar-refractivity contribution is 5.28. The third-order valence-corrected chi connectivity index (χ3v) is 1.46. The summed E-state index contributed by atoms with van der Waals surface area (Å²) in [6.45, 7) is 9.57. The standard InChI is InChI=1S/C10H18O/c1-6-9(7-8(2)3)10(4,5)11/h6-7,11H,1-5H3. The van der Waals surface area contributed by atoms with Crippen LogP contribution in [0.1, 0.15) is 34.6 Å². The lowest BCUT2D eigenvalue weighted by Crippen LogP contribution is -2.20. The van der Waals surface area contributed by atoms with E-state index in [4.69, 9.17) is 0 Å². The Balaban J connectivity index is 4.60. The molecule has 11 heavy (non-hydrogen) atoms. The van der Waals surface area contributed by atoms with Gasteiger partial charge in [-0.25, -0.2) is 0 Å². The Bertz CT molecular complexity index is 176. The second kappa shape index (κ2) is 3.72. The van der Waals surface area contributed by atoms with Crippen molar-refractivity contribution in [1.29, 1.82) is 0 Å². The zero-order valence-corrected chi connectivity index (χ0v) is 8.10. The lowest BCUT2D eigenvalue weighted by Gasteiger charge is -2.18. The van der Waals surface area contributed by atoms with Gasteiger partial charge in [0.05, 0.1) is 5.60 Å². The molecule has 0 fully saturated rings. The van der Waals surface area contributed by atoms with Crippen molar-refractivity contribution in [2.24, 2.45) is 0 Å². The minimum atomic E-state index is -0.716. The monoisotopic (exact) mass is 154 g/mol. The maximum atomic E-state index is 9.61. The molecule has 0 aliphatic heterocycles. The molecule has 0 aromatic carbocycles. The first-order valence-corrected chi connectivity index (χ1v) is 3.92. The van der Waals surface area contributed by atoms with Crippen molar-refractivity contribution < 1.29 is 5.11 Å². The molecule has 0 rings (SSSR count). The van der Waals surface area contributed by atoms with Gasteiger partial charge in [-0.15, -0.1) is 0 Å². The van der Waals surface area contributed by atoms with E-state index in [1.165, 1.54) is 5.57 Å². The molecule has 0 aliphatic carbocycles. The van der Waals surface area contributed by atoms with E-state index >= 15 is 0 Å². The molecule has 1 N–H and O–H groups in total. The summed E-state index contributed by atoms with van der Waals surface area (Å²) in [5.41, 5.74) is 1.46. The Labute approximate surface area is 69.4 Å². The van der Waals surface area contributed by atoms with Gasteiger partial charge in [-0.1, -0.05) is 17.7 Å². The van der Waals surface area contributed by atoms with Crippen LogP contribution in [0.25, 0.3) is 0 Å². The fraction of sp³-hybridized carbons (Fsp3) is 0.600. The van der Waals surface area contributed by atoms with Crippen molar-refractivity contribution in [2.45, 2.75) is 40.2 Å². The van der Waals surface area contributed by atoms with E-state index in [9.17, 15) is 5.11 Å². The highest BCUT2D eigenvalue weighted by atomic mass is 16.3. The third kappa shape index (κ3) is 3.99. The third-order valence-electron chi connectivity index (χ3n) is 1.46. The number of rotatable bonds is 2. The van der Waals surface area contributed by atoms with Gasteiger partial charge in [0.1, 0.15) is 0 Å². The Hall–Kier alpha value is -0.560. The van der Waals surface area contributed by atoms with Crippen molar-refractivity contribution in [2.75, 3.05) is 0 Å². The summed E-state index contributed by atoms with van der Waals surface area (Å²) in [6.07, 6.45) is 3.94. The molecule has 1 heteroatoms. The molecular weight excluding hydrogens is 136 g/mol. The summed E-state index contributed by atoms with van der Waals surface area (Å²) in [6, 6.07) is 0. The topological polar surface area (TPSA) is 20.2 Å². The Morgan fingerprint density at radius 3 is 1.82 bits per heavy atom. The maximum absolute atomic E-state index is 9.61. The predicted molar refractivity (Wildman–Crippen MR) is 49.5 cm³/mol. The highest BCUT2D eigenvalue weighted by Crippen LogP contribution is 2.17. The van der Waals surface area contributed by atoms with E-state index in [0.29, 0.717) is 0 Å². The molecule has 64 valence electrons. The quantitative estimate of drug-likeness (QED) is 0.606. The van der Waals surface area contributed by atoms with Gasteiger partial charge in [-0.2, -0.15) is 0 Å². The molecule has 1 nitrogen and oxygen atoms in total. The van der Waals surface area contributed by atoms with Gasteiger partial charge in [0.2, 0.25) is 0 Å². The summed E-state index contributed by atoms with van der Waals surface area (Å²) in [5.74, 6) is 0. The second-order valence-electron chi connectivity index (χ2n) is 3.52. The first-order valence-electron chi connectivity index (χ1n) is 3.92. The zero-order chi connectivity index (χ0) is 9.07. The Morgan fingerprint density at radius 1 is 1.27 bits per heavy atom. The zero-order valence-electron chi connectivity index (χ0n) is 8.10. The van der Waals surface area contributed by atoms with Crippen LogP contribution in [0.2, 0.25) is 0 Å². The summed E-state index contributed by atoms with van der Waals surface area (Å²) in [5, 5.41) is 9.61. The molecule has 0 bridgehead atoms. The molecule has 0 amide bonds. The van der Waals surface area contributed by atoms with E-state index in [1.807, 2.05) is 32.9 Å². The van der Waals surface area contributed by atoms with Crippen LogP contribution in [0, 0.1) is 0 Å². The van der Waals surface area contributed by atoms with Gasteiger partial charge in [0.15, 0.2) is 0 Å². The molecule has 0 aromatic rings. The number of hydrogen-bond donors (Lipinski definition) is 1. The van der Waals surface area contributed by atoms with Crippen LogP contribution >= 0.6 is 0 Å². The average Bonchev–Trinajstić information content (AvgIpc) is 1.79. The van der Waals surface area contributed by atoms with E-state index in [-0.39, 0.29) is 0 Å². The van der Waals surface area contributed by atoms with Crippen LogP contribution in [0.5, 0.6) is 0 Å². The summed E-state index contributed by atoms with van der Waals surface area (Å²) in [7, 11) is 0. The normalized spacial score (nSPS) is 13.1. The average molecular weight is 154 g/mol. The molecule has 0 heterocycles. The fourth-order valence-electron chi connectivity index (χ4n) is 0.924. The van der Waals surface area contributed by atoms with Crippen LogP contribution in [-0.2, 0) is 0 Å². The van der Waals surface area contributed by atoms with E-state index < -0.39 is 5.60 Å². The van der Waals surface area contributed by atoms with Gasteiger partial charge in [0.25, 0.3) is 0 Å². The molecule has 0 unspecified atom stereocenters. The molecular formula is C10H18O. The fourth-order valence-corrected chi connectivity index (χ4v) is 0.924. The maximum Gasteiger partial charge on any atom is 0.0837 e. The van der Waals surface area contributed by atoms with Crippen LogP contribution in [0.3, 0.4) is 0 Å². The van der Waals surface area contributed by atoms with Crippen LogP contribution in [0.15, 0.2) is 23.3 Å². The summed E-state index contributed by atoms with van der Waals surface area (Å²) >= 11 is 0. The highest BCUT2D eigenvalue weighted by Gasteiger charge is 2.15. The first kappa shape index (κ1) is 10.4. The molecule has 0 aliphatic rings. The predicted octanol–water partition coefficient (Wildman–Crippen LogP) is 2.67. The largest absolute Gasteiger partial charge is 0.386 e. The summed E-state index contributed by atoms with van der Waals surface area (Å²) < 4.78 is 0. The second-order valence-corrected chi connectivity index (χ2v) is 3.52. The number of aliphatic hydroxyl groups is 1. The van der Waals surface area contributed by atoms with Gasteiger partial charge in [0, 0.05) is 0 Å². The first-order chi connectivity index (χ1) is 4.88. The molecule has 0 radical (unpaired) electrons. The van der Waals surface area contributed by atoms with Crippen LogP contribution in [0.4, 0.5) is 0 Å². The van der Waals surface area contributed by atoms with Crippen molar-refractivity contribution >= 4 is 0 Å². The minimum Gasteiger partial charge on any atom is -0.386 e. The van der Waals surface area contributed by atoms with Crippen molar-refractivity contribution in [3.8, 4) is 0 Å². The van der Waals surface area contributed by atoms with Gasteiger partial charge in [-0.05, 0) is 40.2 Å². The van der Waals surface area contributed by atoms with Gasteiger partial charge >= 0.3 is 0 Å². The van der Waals surface area contributed by atoms with Gasteiger partial charge < -0.3 is 5.11 Å². The number of hydrogen-bond acceptors (Lipinski definition) is 1. The van der Waals surface area contributed by atoms with Gasteiger partial charge in [-0.3, -0.25) is 0 Å².